The number of carbonyl (C=O) groups is 1. The zero-order valence-corrected chi connectivity index (χ0v) is 4.91. The molecule has 52 valence electrons. The lowest BCUT2D eigenvalue weighted by Crippen LogP contribution is -2.23. The van der Waals surface area contributed by atoms with Crippen LogP contribution >= 0.6 is 0 Å². The van der Waals surface area contributed by atoms with Crippen molar-refractivity contribution in [3.8, 4) is 0 Å². The molecule has 2 N–H and O–H groups in total. The number of aliphatic hydroxyl groups excluding tert-OH is 1. The normalized spacial score (nSPS) is 34.3. The number of ether oxygens (including phenoxy) is 1. The number of nitrogens with one attached hydrogen (secondary N) is 1. The van der Waals surface area contributed by atoms with Gasteiger partial charge in [0.2, 0.25) is 0 Å². The van der Waals surface area contributed by atoms with Crippen LogP contribution in [0.25, 0.3) is 0 Å². The van der Waals surface area contributed by atoms with Gasteiger partial charge in [-0.05, 0) is 0 Å². The predicted octanol–water partition coefficient (Wildman–Crippen LogP) is -1.16. The molecule has 1 heterocycles. The van der Waals surface area contributed by atoms with E-state index in [1.165, 1.54) is 0 Å². The molecular weight excluding hydrogens is 122 g/mol. The molecule has 0 bridgehead atoms. The first-order valence-corrected chi connectivity index (χ1v) is 2.83. The minimum atomic E-state index is -0.366. The quantitative estimate of drug-likeness (QED) is 0.464. The third kappa shape index (κ3) is 1.65. The Balaban J connectivity index is 2.21. The van der Waals surface area contributed by atoms with Crippen LogP contribution in [0.2, 0.25) is 0 Å². The summed E-state index contributed by atoms with van der Waals surface area (Å²) in [6.45, 7) is 0.897. The highest BCUT2D eigenvalue weighted by molar-refractivity contribution is 5.37. The Bertz CT molecular complexity index is 106. The molecule has 1 rings (SSSR count). The van der Waals surface area contributed by atoms with E-state index in [0.29, 0.717) is 19.4 Å². The van der Waals surface area contributed by atoms with E-state index in [-0.39, 0.29) is 12.3 Å². The van der Waals surface area contributed by atoms with Crippen LogP contribution in [-0.2, 0) is 9.53 Å². The molecule has 4 heteroatoms. The molecule has 1 aliphatic heterocycles. The van der Waals surface area contributed by atoms with Gasteiger partial charge in [-0.25, -0.2) is 0 Å². The minimum Gasteiger partial charge on any atom is -0.449 e. The second-order valence-electron chi connectivity index (χ2n) is 2.02. The number of hydrogen-bond donors (Lipinski definition) is 2. The van der Waals surface area contributed by atoms with Gasteiger partial charge < -0.3 is 9.84 Å². The summed E-state index contributed by atoms with van der Waals surface area (Å²) in [5.41, 5.74) is 0. The van der Waals surface area contributed by atoms with E-state index in [9.17, 15) is 4.79 Å². The maximum atomic E-state index is 9.72. The Kier molecular flexibility index (Phi) is 2.02. The average molecular weight is 131 g/mol. The molecular formula is C5H9NO3. The topological polar surface area (TPSA) is 58.6 Å². The van der Waals surface area contributed by atoms with Crippen LogP contribution in [-0.4, -0.2) is 30.5 Å². The highest BCUT2D eigenvalue weighted by Crippen LogP contribution is 2.05. The molecule has 4 nitrogen and oxygen atoms in total. The number of aliphatic hydroxyl groups is 1. The fraction of sp³-hybridized carbons (Fsp3) is 0.800. The Morgan fingerprint density at radius 3 is 3.00 bits per heavy atom. The summed E-state index contributed by atoms with van der Waals surface area (Å²) in [5, 5.41) is 11.7. The molecule has 0 aromatic carbocycles. The van der Waals surface area contributed by atoms with Crippen LogP contribution in [0, 0.1) is 0 Å². The Morgan fingerprint density at radius 2 is 2.56 bits per heavy atom. The van der Waals surface area contributed by atoms with E-state index in [0.717, 1.165) is 0 Å². The fourth-order valence-electron chi connectivity index (χ4n) is 0.852. The second kappa shape index (κ2) is 2.80. The van der Waals surface area contributed by atoms with Gasteiger partial charge in [-0.3, -0.25) is 10.1 Å². The summed E-state index contributed by atoms with van der Waals surface area (Å²) in [4.78, 5) is 9.72. The molecule has 0 saturated carbocycles. The van der Waals surface area contributed by atoms with E-state index in [1.807, 2.05) is 0 Å². The summed E-state index contributed by atoms with van der Waals surface area (Å²) < 4.78 is 4.52. The molecule has 1 fully saturated rings. The summed E-state index contributed by atoms with van der Waals surface area (Å²) in [7, 11) is 0. The van der Waals surface area contributed by atoms with Gasteiger partial charge in [-0.1, -0.05) is 0 Å². The summed E-state index contributed by atoms with van der Waals surface area (Å²) in [5.74, 6) is 0. The highest BCUT2D eigenvalue weighted by Gasteiger charge is 2.22. The second-order valence-corrected chi connectivity index (χ2v) is 2.02. The van der Waals surface area contributed by atoms with E-state index in [4.69, 9.17) is 5.11 Å². The maximum absolute atomic E-state index is 9.72. The first kappa shape index (κ1) is 6.51. The average Bonchev–Trinajstić information content (AvgIpc) is 2.17. The van der Waals surface area contributed by atoms with Crippen molar-refractivity contribution in [3.05, 3.63) is 0 Å². The largest absolute Gasteiger partial charge is 0.449 e. The zero-order chi connectivity index (χ0) is 6.69. The molecule has 9 heavy (non-hydrogen) atoms. The van der Waals surface area contributed by atoms with E-state index >= 15 is 0 Å². The van der Waals surface area contributed by atoms with Crippen molar-refractivity contribution in [2.75, 3.05) is 6.54 Å². The van der Waals surface area contributed by atoms with Gasteiger partial charge in [-0.15, -0.1) is 0 Å². The number of β-amino-alcohol motifs (C(OH)–C–C–N with tert-alkyl or cyclic N) is 1. The molecule has 0 aliphatic carbocycles. The molecule has 0 amide bonds. The summed E-state index contributed by atoms with van der Waals surface area (Å²) >= 11 is 0. The van der Waals surface area contributed by atoms with Gasteiger partial charge in [0.05, 0.1) is 6.10 Å². The molecule has 1 aliphatic rings. The summed E-state index contributed by atoms with van der Waals surface area (Å²) in [6.07, 6.45) is -0.147. The number of carbonyl (C=O) groups excluding carboxylic acids is 1. The van der Waals surface area contributed by atoms with Crippen molar-refractivity contribution in [3.63, 3.8) is 0 Å². The fourth-order valence-corrected chi connectivity index (χ4v) is 0.852. The van der Waals surface area contributed by atoms with E-state index in [2.05, 4.69) is 10.1 Å². The monoisotopic (exact) mass is 131 g/mol. The van der Waals surface area contributed by atoms with Crippen molar-refractivity contribution in [2.45, 2.75) is 18.8 Å². The van der Waals surface area contributed by atoms with Gasteiger partial charge in [0.15, 0.2) is 6.23 Å². The third-order valence-electron chi connectivity index (χ3n) is 1.29. The standard InChI is InChI=1S/C5H9NO3/c7-3-9-5-1-4(8)2-6-5/h3-6,8H,1-2H2/t4-,5-/m1/s1. The van der Waals surface area contributed by atoms with E-state index < -0.39 is 0 Å². The number of hydrogen-bond acceptors (Lipinski definition) is 4. The van der Waals surface area contributed by atoms with Crippen molar-refractivity contribution < 1.29 is 14.6 Å². The zero-order valence-electron chi connectivity index (χ0n) is 4.91. The SMILES string of the molecule is O=CO[C@@H]1C[C@@H](O)CN1. The van der Waals surface area contributed by atoms with E-state index in [1.54, 1.807) is 0 Å². The lowest BCUT2D eigenvalue weighted by molar-refractivity contribution is -0.134. The van der Waals surface area contributed by atoms with Crippen molar-refractivity contribution in [2.24, 2.45) is 0 Å². The Labute approximate surface area is 52.8 Å². The highest BCUT2D eigenvalue weighted by atomic mass is 16.5. The van der Waals surface area contributed by atoms with Gasteiger partial charge in [0.1, 0.15) is 0 Å². The minimum absolute atomic E-state index is 0.280. The first-order valence-electron chi connectivity index (χ1n) is 2.83. The molecule has 0 aromatic heterocycles. The summed E-state index contributed by atoms with van der Waals surface area (Å²) in [6, 6.07) is 0. The molecule has 1 saturated heterocycles. The van der Waals surface area contributed by atoms with Crippen molar-refractivity contribution >= 4 is 6.47 Å². The van der Waals surface area contributed by atoms with Crippen LogP contribution in [0.15, 0.2) is 0 Å². The van der Waals surface area contributed by atoms with Gasteiger partial charge in [0.25, 0.3) is 6.47 Å². The van der Waals surface area contributed by atoms with Gasteiger partial charge in [0, 0.05) is 13.0 Å². The molecule has 0 unspecified atom stereocenters. The third-order valence-corrected chi connectivity index (χ3v) is 1.29. The van der Waals surface area contributed by atoms with Crippen LogP contribution < -0.4 is 5.32 Å². The van der Waals surface area contributed by atoms with Crippen molar-refractivity contribution in [1.29, 1.82) is 0 Å². The van der Waals surface area contributed by atoms with Crippen LogP contribution in [0.5, 0.6) is 0 Å². The van der Waals surface area contributed by atoms with Crippen molar-refractivity contribution in [1.82, 2.24) is 5.32 Å². The Morgan fingerprint density at radius 1 is 1.78 bits per heavy atom. The smallest absolute Gasteiger partial charge is 0.294 e. The maximum Gasteiger partial charge on any atom is 0.294 e. The molecule has 0 spiro atoms. The lowest BCUT2D eigenvalue weighted by Gasteiger charge is -2.04. The Hall–Kier alpha value is -0.610. The first-order chi connectivity index (χ1) is 4.33. The number of rotatable bonds is 2. The van der Waals surface area contributed by atoms with Crippen LogP contribution in [0.1, 0.15) is 6.42 Å². The lowest BCUT2D eigenvalue weighted by atomic mass is 10.3. The van der Waals surface area contributed by atoms with Gasteiger partial charge >= 0.3 is 0 Å². The van der Waals surface area contributed by atoms with Gasteiger partial charge in [-0.2, -0.15) is 0 Å². The molecule has 0 radical (unpaired) electrons. The predicted molar refractivity (Wildman–Crippen MR) is 29.6 cm³/mol. The molecule has 2 atom stereocenters. The van der Waals surface area contributed by atoms with Crippen LogP contribution in [0.3, 0.4) is 0 Å². The molecule has 0 aromatic rings. The van der Waals surface area contributed by atoms with Crippen LogP contribution in [0.4, 0.5) is 0 Å².